The molecule has 2 heterocycles. The Bertz CT molecular complexity index is 1050. The molecule has 0 N–H and O–H groups in total. The standard InChI is InChI=1S/C22H25FN2O4S/c1-29-19-7-6-16-8-11-24(15-18(16)14-19)22(26)17-9-12-25(13-10-17)30(27,28)21-5-3-2-4-20(21)23/h2-7,14,17H,8-13,15H2,1H3. The highest BCUT2D eigenvalue weighted by Gasteiger charge is 2.35. The Morgan fingerprint density at radius 1 is 1.07 bits per heavy atom. The van der Waals surface area contributed by atoms with Crippen LogP contribution >= 0.6 is 0 Å². The predicted molar refractivity (Wildman–Crippen MR) is 110 cm³/mol. The summed E-state index contributed by atoms with van der Waals surface area (Å²) < 4.78 is 46.1. The van der Waals surface area contributed by atoms with Crippen LogP contribution in [0.15, 0.2) is 47.4 Å². The third-order valence-electron chi connectivity index (χ3n) is 6.00. The van der Waals surface area contributed by atoms with Crippen molar-refractivity contribution in [2.24, 2.45) is 5.92 Å². The van der Waals surface area contributed by atoms with E-state index in [1.807, 2.05) is 23.1 Å². The van der Waals surface area contributed by atoms with Gasteiger partial charge in [-0.1, -0.05) is 18.2 Å². The number of nitrogens with zero attached hydrogens (tertiary/aromatic N) is 2. The zero-order valence-electron chi connectivity index (χ0n) is 16.9. The van der Waals surface area contributed by atoms with E-state index in [9.17, 15) is 17.6 Å². The molecule has 0 unspecified atom stereocenters. The highest BCUT2D eigenvalue weighted by atomic mass is 32.2. The molecule has 6 nitrogen and oxygen atoms in total. The zero-order chi connectivity index (χ0) is 21.3. The average molecular weight is 433 g/mol. The summed E-state index contributed by atoms with van der Waals surface area (Å²) >= 11 is 0. The molecular formula is C22H25FN2O4S. The van der Waals surface area contributed by atoms with E-state index in [0.717, 1.165) is 23.8 Å². The number of piperidine rings is 1. The van der Waals surface area contributed by atoms with Gasteiger partial charge in [0.15, 0.2) is 0 Å². The second-order valence-electron chi connectivity index (χ2n) is 7.75. The van der Waals surface area contributed by atoms with Crippen molar-refractivity contribution in [3.63, 3.8) is 0 Å². The molecule has 0 bridgehead atoms. The fraction of sp³-hybridized carbons (Fsp3) is 0.409. The third-order valence-corrected chi connectivity index (χ3v) is 7.93. The van der Waals surface area contributed by atoms with Gasteiger partial charge in [0.2, 0.25) is 15.9 Å². The first kappa shape index (κ1) is 20.8. The molecule has 8 heteroatoms. The van der Waals surface area contributed by atoms with E-state index in [-0.39, 0.29) is 29.8 Å². The van der Waals surface area contributed by atoms with Crippen molar-refractivity contribution in [3.05, 3.63) is 59.4 Å². The van der Waals surface area contributed by atoms with E-state index in [0.29, 0.717) is 25.9 Å². The molecule has 1 saturated heterocycles. The number of sulfonamides is 1. The van der Waals surface area contributed by atoms with Crippen molar-refractivity contribution in [1.29, 1.82) is 0 Å². The van der Waals surface area contributed by atoms with E-state index in [2.05, 4.69) is 0 Å². The van der Waals surface area contributed by atoms with Crippen LogP contribution in [0.2, 0.25) is 0 Å². The molecule has 2 aliphatic rings. The SMILES string of the molecule is COc1ccc2c(c1)CN(C(=O)C1CCN(S(=O)(=O)c3ccccc3F)CC1)CC2. The number of benzene rings is 2. The second kappa shape index (κ2) is 8.35. The van der Waals surface area contributed by atoms with Gasteiger partial charge in [0.05, 0.1) is 7.11 Å². The number of methoxy groups -OCH3 is 1. The molecule has 0 atom stereocenters. The molecule has 2 aromatic carbocycles. The van der Waals surface area contributed by atoms with E-state index in [4.69, 9.17) is 4.74 Å². The number of rotatable bonds is 4. The predicted octanol–water partition coefficient (Wildman–Crippen LogP) is 2.82. The highest BCUT2D eigenvalue weighted by molar-refractivity contribution is 7.89. The largest absolute Gasteiger partial charge is 0.497 e. The minimum atomic E-state index is -3.89. The number of carbonyl (C=O) groups excluding carboxylic acids is 1. The summed E-state index contributed by atoms with van der Waals surface area (Å²) in [5.41, 5.74) is 2.32. The van der Waals surface area contributed by atoms with Crippen LogP contribution in [0.3, 0.4) is 0 Å². The lowest BCUT2D eigenvalue weighted by molar-refractivity contribution is -0.137. The smallest absolute Gasteiger partial charge is 0.245 e. The van der Waals surface area contributed by atoms with Crippen molar-refractivity contribution < 1.29 is 22.3 Å². The van der Waals surface area contributed by atoms with Gasteiger partial charge in [0.25, 0.3) is 0 Å². The van der Waals surface area contributed by atoms with Crippen molar-refractivity contribution in [2.45, 2.75) is 30.7 Å². The quantitative estimate of drug-likeness (QED) is 0.745. The zero-order valence-corrected chi connectivity index (χ0v) is 17.7. The number of hydrogen-bond donors (Lipinski definition) is 0. The van der Waals surface area contributed by atoms with Gasteiger partial charge in [-0.15, -0.1) is 0 Å². The first-order chi connectivity index (χ1) is 14.4. The van der Waals surface area contributed by atoms with Gasteiger partial charge in [0.1, 0.15) is 16.5 Å². The number of halogens is 1. The molecule has 0 spiro atoms. The number of hydrogen-bond acceptors (Lipinski definition) is 4. The van der Waals surface area contributed by atoms with Gasteiger partial charge in [-0.2, -0.15) is 4.31 Å². The minimum absolute atomic E-state index is 0.0615. The maximum Gasteiger partial charge on any atom is 0.245 e. The number of amides is 1. The van der Waals surface area contributed by atoms with Crippen LogP contribution in [0, 0.1) is 11.7 Å². The van der Waals surface area contributed by atoms with E-state index < -0.39 is 15.8 Å². The molecule has 1 amide bonds. The van der Waals surface area contributed by atoms with Crippen LogP contribution < -0.4 is 4.74 Å². The first-order valence-corrected chi connectivity index (χ1v) is 11.5. The first-order valence-electron chi connectivity index (χ1n) is 10.1. The molecule has 0 saturated carbocycles. The summed E-state index contributed by atoms with van der Waals surface area (Å²) in [7, 11) is -2.27. The Hall–Kier alpha value is -2.45. The van der Waals surface area contributed by atoms with E-state index >= 15 is 0 Å². The van der Waals surface area contributed by atoms with Gasteiger partial charge < -0.3 is 9.64 Å². The van der Waals surface area contributed by atoms with Crippen molar-refractivity contribution in [2.75, 3.05) is 26.7 Å². The Kier molecular flexibility index (Phi) is 5.79. The topological polar surface area (TPSA) is 66.9 Å². The summed E-state index contributed by atoms with van der Waals surface area (Å²) in [5.74, 6) is -0.136. The molecule has 1 fully saturated rings. The molecule has 2 aromatic rings. The number of ether oxygens (including phenoxy) is 1. The summed E-state index contributed by atoms with van der Waals surface area (Å²) in [6, 6.07) is 11.3. The Labute approximate surface area is 176 Å². The van der Waals surface area contributed by atoms with Crippen molar-refractivity contribution in [1.82, 2.24) is 9.21 Å². The maximum atomic E-state index is 14.0. The maximum absolute atomic E-state index is 14.0. The fourth-order valence-electron chi connectivity index (χ4n) is 4.24. The molecule has 4 rings (SSSR count). The van der Waals surface area contributed by atoms with Crippen molar-refractivity contribution in [3.8, 4) is 5.75 Å². The lowest BCUT2D eigenvalue weighted by atomic mass is 9.93. The second-order valence-corrected chi connectivity index (χ2v) is 9.66. The molecule has 2 aliphatic heterocycles. The van der Waals surface area contributed by atoms with Gasteiger partial charge in [0, 0.05) is 32.1 Å². The summed E-state index contributed by atoms with van der Waals surface area (Å²) in [6.07, 6.45) is 1.67. The molecule has 0 radical (unpaired) electrons. The summed E-state index contributed by atoms with van der Waals surface area (Å²) in [6.45, 7) is 1.63. The lowest BCUT2D eigenvalue weighted by Crippen LogP contribution is -2.45. The summed E-state index contributed by atoms with van der Waals surface area (Å²) in [5, 5.41) is 0. The van der Waals surface area contributed by atoms with Gasteiger partial charge in [-0.05, 0) is 54.7 Å². The number of carbonyl (C=O) groups is 1. The average Bonchev–Trinajstić information content (AvgIpc) is 2.78. The molecule has 0 aliphatic carbocycles. The van der Waals surface area contributed by atoms with Crippen LogP contribution in [0.25, 0.3) is 0 Å². The minimum Gasteiger partial charge on any atom is -0.497 e. The van der Waals surface area contributed by atoms with Crippen LogP contribution in [0.5, 0.6) is 5.75 Å². The summed E-state index contributed by atoms with van der Waals surface area (Å²) in [4.78, 5) is 14.6. The molecular weight excluding hydrogens is 407 g/mol. The molecule has 30 heavy (non-hydrogen) atoms. The Morgan fingerprint density at radius 2 is 1.80 bits per heavy atom. The van der Waals surface area contributed by atoms with Crippen LogP contribution in [-0.4, -0.2) is 50.3 Å². The van der Waals surface area contributed by atoms with Crippen LogP contribution in [0.1, 0.15) is 24.0 Å². The normalized spacial score (nSPS) is 18.1. The lowest BCUT2D eigenvalue weighted by Gasteiger charge is -2.35. The Morgan fingerprint density at radius 3 is 2.50 bits per heavy atom. The van der Waals surface area contributed by atoms with Gasteiger partial charge in [-0.3, -0.25) is 4.79 Å². The van der Waals surface area contributed by atoms with Gasteiger partial charge in [-0.25, -0.2) is 12.8 Å². The third kappa shape index (κ3) is 3.94. The van der Waals surface area contributed by atoms with Crippen LogP contribution in [-0.2, 0) is 27.8 Å². The Balaban J connectivity index is 1.41. The number of fused-ring (bicyclic) bond motifs is 1. The van der Waals surface area contributed by atoms with Crippen LogP contribution in [0.4, 0.5) is 4.39 Å². The fourth-order valence-corrected chi connectivity index (χ4v) is 5.78. The highest BCUT2D eigenvalue weighted by Crippen LogP contribution is 2.29. The van der Waals surface area contributed by atoms with E-state index in [1.165, 1.54) is 28.1 Å². The molecule has 0 aromatic heterocycles. The van der Waals surface area contributed by atoms with Crippen molar-refractivity contribution >= 4 is 15.9 Å². The monoisotopic (exact) mass is 432 g/mol. The van der Waals surface area contributed by atoms with Gasteiger partial charge >= 0.3 is 0 Å². The molecule has 160 valence electrons. The van der Waals surface area contributed by atoms with E-state index in [1.54, 1.807) is 7.11 Å².